The van der Waals surface area contributed by atoms with E-state index < -0.39 is 0 Å². The summed E-state index contributed by atoms with van der Waals surface area (Å²) in [4.78, 5) is 34.7. The molecule has 0 aliphatic carbocycles. The quantitative estimate of drug-likeness (QED) is 0.136. The fraction of sp³-hybridized carbons (Fsp3) is 0.260. The number of aromatic nitrogens is 9. The lowest BCUT2D eigenvalue weighted by atomic mass is 9.79. The highest BCUT2D eigenvalue weighted by Crippen LogP contribution is 2.38. The highest BCUT2D eigenvalue weighted by Gasteiger charge is 2.51. The van der Waals surface area contributed by atoms with Crippen LogP contribution in [0.4, 0.5) is 5.69 Å². The summed E-state index contributed by atoms with van der Waals surface area (Å²) in [5, 5.41) is 10.7. The maximum atomic E-state index is 11.6. The van der Waals surface area contributed by atoms with Gasteiger partial charge in [0, 0.05) is 166 Å². The summed E-state index contributed by atoms with van der Waals surface area (Å²) in [6.45, 7) is 24.1. The van der Waals surface area contributed by atoms with E-state index >= 15 is 0 Å². The van der Waals surface area contributed by atoms with Crippen molar-refractivity contribution in [2.45, 2.75) is 119 Å². The average molecular weight is 1410 g/mol. The molecule has 7 aromatic heterocycles. The fourth-order valence-corrected chi connectivity index (χ4v) is 13.4. The molecule has 7 aromatic carbocycles. The second kappa shape index (κ2) is 28.8. The van der Waals surface area contributed by atoms with Crippen molar-refractivity contribution in [3.63, 3.8) is 0 Å². The molecule has 484 valence electrons. The zero-order valence-electron chi connectivity index (χ0n) is 55.2. The van der Waals surface area contributed by atoms with Crippen LogP contribution >= 0.6 is 43.5 Å². The minimum absolute atomic E-state index is 0.161. The van der Waals surface area contributed by atoms with E-state index in [0.29, 0.717) is 11.1 Å². The SMILES string of the molecule is Brc1ccc2cc[nH]c2c1.CCn1ccc2ccc(-c3cc(Cl)cc4nccnc34)cc21.CCn1ccc2ccc(-c3cc(NC4CCN(C(C)=O)CC4)cc4nccnc34)cc21.CCn1ccc2ccc(B3OC(C)(C)C(C)(C)O3)cc21.CCn1ccc2ccc(Br)cc21. The van der Waals surface area contributed by atoms with Crippen molar-refractivity contribution < 1.29 is 14.1 Å². The first-order valence-electron chi connectivity index (χ1n) is 32.7. The Morgan fingerprint density at radius 2 is 1.00 bits per heavy atom. The average Bonchev–Trinajstić information content (AvgIpc) is 1.75. The van der Waals surface area contributed by atoms with Crippen LogP contribution in [0.1, 0.15) is 75.2 Å². The Morgan fingerprint density at radius 3 is 1.53 bits per heavy atom. The first kappa shape index (κ1) is 66.4. The van der Waals surface area contributed by atoms with E-state index in [1.54, 1.807) is 31.7 Å². The number of hydrogen-bond donors (Lipinski definition) is 2. The van der Waals surface area contributed by atoms with E-state index in [0.717, 1.165) is 117 Å². The van der Waals surface area contributed by atoms with Gasteiger partial charge in [-0.05, 0) is 209 Å². The fourth-order valence-electron chi connectivity index (χ4n) is 12.5. The maximum Gasteiger partial charge on any atom is 0.494 e. The number of nitrogens with zero attached hydrogens (tertiary/aromatic N) is 9. The number of rotatable bonds is 9. The molecule has 14 nitrogen and oxygen atoms in total. The number of carbonyl (C=O) groups is 1. The van der Waals surface area contributed by atoms with Gasteiger partial charge in [0.2, 0.25) is 5.91 Å². The van der Waals surface area contributed by atoms with E-state index in [-0.39, 0.29) is 24.2 Å². The number of aromatic amines is 1. The topological polar surface area (TPSA) is 138 Å². The van der Waals surface area contributed by atoms with Gasteiger partial charge in [0.1, 0.15) is 0 Å². The largest absolute Gasteiger partial charge is 0.494 e. The Morgan fingerprint density at radius 1 is 0.547 bits per heavy atom. The predicted octanol–water partition coefficient (Wildman–Crippen LogP) is 18.9. The summed E-state index contributed by atoms with van der Waals surface area (Å²) in [6, 6.07) is 51.1. The van der Waals surface area contributed by atoms with Crippen molar-refractivity contribution in [3.05, 3.63) is 215 Å². The van der Waals surface area contributed by atoms with Crippen LogP contribution in [-0.4, -0.2) is 91.4 Å². The number of amides is 1. The van der Waals surface area contributed by atoms with Crippen LogP contribution in [0.25, 0.3) is 98.8 Å². The van der Waals surface area contributed by atoms with Crippen molar-refractivity contribution >= 4 is 144 Å². The molecule has 18 heteroatoms. The number of nitrogens with one attached hydrogen (secondary N) is 2. The number of likely N-dealkylation sites (tertiary alicyclic amines) is 1. The molecule has 0 atom stereocenters. The maximum absolute atomic E-state index is 11.6. The standard InChI is InChI=1S/C25H27N5O.C18H14ClN3.C16H22BNO2.C10H10BrN.C8H6BrN/c1-3-29-11-6-18-4-5-19(14-24(18)29)22-15-21(16-23-25(22)27-10-9-26-23)28-20-7-12-30(13-8-20)17(2)31;1-2-22-8-5-12-3-4-13(9-17(12)22)15-10-14(19)11-16-18(15)21-7-6-20-16;1-6-18-10-9-12-7-8-13(11-14(12)18)17-19-15(2,3)16(4,5)20-17;1-2-12-6-5-8-3-4-9(11)7-10(8)12;9-7-2-1-6-3-4-10-8(6)5-7/h4-6,9-11,14-16,20,28H,3,7-8,12-13H2,1-2H3;3-11H,2H2,1H3;7-11H,6H2,1-5H3;3-7H,2H2,1H3;1-5,10H. The lowest BCUT2D eigenvalue weighted by Gasteiger charge is -2.32. The highest BCUT2D eigenvalue weighted by molar-refractivity contribution is 9.10. The Labute approximate surface area is 577 Å². The number of benzene rings is 7. The predicted molar refractivity (Wildman–Crippen MR) is 401 cm³/mol. The molecule has 2 N–H and O–H groups in total. The van der Waals surface area contributed by atoms with E-state index in [9.17, 15) is 4.79 Å². The summed E-state index contributed by atoms with van der Waals surface area (Å²) in [5.41, 5.74) is 15.5. The smallest absolute Gasteiger partial charge is 0.399 e. The molecule has 0 saturated carbocycles. The van der Waals surface area contributed by atoms with Gasteiger partial charge in [-0.3, -0.25) is 24.7 Å². The normalized spacial score (nSPS) is 14.4. The summed E-state index contributed by atoms with van der Waals surface area (Å²) >= 11 is 13.1. The monoisotopic (exact) mass is 1410 g/mol. The van der Waals surface area contributed by atoms with Crippen LogP contribution in [0.15, 0.2) is 210 Å². The first-order valence-corrected chi connectivity index (χ1v) is 34.6. The van der Waals surface area contributed by atoms with Crippen LogP contribution in [0.5, 0.6) is 0 Å². The lowest BCUT2D eigenvalue weighted by molar-refractivity contribution is -0.129. The molecule has 9 heterocycles. The van der Waals surface area contributed by atoms with Gasteiger partial charge in [0.25, 0.3) is 0 Å². The number of carbonyl (C=O) groups excluding carboxylic acids is 1. The van der Waals surface area contributed by atoms with E-state index in [1.807, 2.05) is 29.3 Å². The van der Waals surface area contributed by atoms with Crippen molar-refractivity contribution in [2.75, 3.05) is 18.4 Å². The molecule has 2 aliphatic rings. The van der Waals surface area contributed by atoms with Crippen molar-refractivity contribution in [3.8, 4) is 22.3 Å². The van der Waals surface area contributed by atoms with Crippen LogP contribution in [0.3, 0.4) is 0 Å². The molecule has 95 heavy (non-hydrogen) atoms. The second-order valence-electron chi connectivity index (χ2n) is 25.0. The molecule has 2 fully saturated rings. The summed E-state index contributed by atoms with van der Waals surface area (Å²) in [5.74, 6) is 0.161. The summed E-state index contributed by atoms with van der Waals surface area (Å²) in [7, 11) is -0.287. The summed E-state index contributed by atoms with van der Waals surface area (Å²) in [6.07, 6.45) is 19.2. The van der Waals surface area contributed by atoms with Crippen molar-refractivity contribution in [1.82, 2.24) is 48.1 Å². The Hall–Kier alpha value is -8.58. The zero-order valence-corrected chi connectivity index (χ0v) is 59.2. The molecule has 0 radical (unpaired) electrons. The minimum Gasteiger partial charge on any atom is -0.399 e. The van der Waals surface area contributed by atoms with Gasteiger partial charge in [-0.25, -0.2) is 0 Å². The Kier molecular flexibility index (Phi) is 20.1. The third-order valence-corrected chi connectivity index (χ3v) is 19.7. The lowest BCUT2D eigenvalue weighted by Crippen LogP contribution is -2.41. The minimum atomic E-state index is -0.292. The molecular formula is C77H79BBr2ClN11O3. The highest BCUT2D eigenvalue weighted by atomic mass is 79.9. The van der Waals surface area contributed by atoms with Gasteiger partial charge in [-0.1, -0.05) is 92.0 Å². The van der Waals surface area contributed by atoms with E-state index in [2.05, 4.69) is 288 Å². The Balaban J connectivity index is 0.000000120. The van der Waals surface area contributed by atoms with Gasteiger partial charge in [-0.2, -0.15) is 0 Å². The number of piperidine rings is 1. The van der Waals surface area contributed by atoms with Gasteiger partial charge in [0.15, 0.2) is 0 Å². The molecular weight excluding hydrogens is 1330 g/mol. The van der Waals surface area contributed by atoms with Gasteiger partial charge >= 0.3 is 7.12 Å². The molecule has 16 rings (SSSR count). The number of aryl methyl sites for hydroxylation is 4. The first-order chi connectivity index (χ1) is 45.9. The van der Waals surface area contributed by atoms with Crippen LogP contribution in [-0.2, 0) is 40.3 Å². The number of halogens is 3. The summed E-state index contributed by atoms with van der Waals surface area (Å²) < 4.78 is 23.5. The van der Waals surface area contributed by atoms with Crippen LogP contribution < -0.4 is 10.8 Å². The molecule has 0 bridgehead atoms. The number of anilines is 1. The molecule has 14 aromatic rings. The Bertz CT molecular complexity index is 5030. The van der Waals surface area contributed by atoms with Crippen LogP contribution in [0.2, 0.25) is 5.02 Å². The molecule has 2 saturated heterocycles. The number of hydrogen-bond acceptors (Lipinski definition) is 8. The molecule has 1 amide bonds. The number of fused-ring (bicyclic) bond motifs is 7. The zero-order chi connectivity index (χ0) is 66.5. The van der Waals surface area contributed by atoms with Crippen molar-refractivity contribution in [2.24, 2.45) is 0 Å². The van der Waals surface area contributed by atoms with E-state index in [1.165, 1.54) is 54.5 Å². The van der Waals surface area contributed by atoms with Crippen LogP contribution in [0, 0.1) is 0 Å². The second-order valence-corrected chi connectivity index (χ2v) is 27.3. The van der Waals surface area contributed by atoms with E-state index in [4.69, 9.17) is 20.9 Å². The molecule has 0 unspecified atom stereocenters. The third kappa shape index (κ3) is 14.7. The molecule has 0 spiro atoms. The molecule has 2 aliphatic heterocycles. The van der Waals surface area contributed by atoms with Crippen molar-refractivity contribution in [1.29, 1.82) is 0 Å². The van der Waals surface area contributed by atoms with Gasteiger partial charge < -0.3 is 42.8 Å². The van der Waals surface area contributed by atoms with Gasteiger partial charge in [0.05, 0.1) is 33.3 Å². The third-order valence-electron chi connectivity index (χ3n) is 18.5. The number of H-pyrrole nitrogens is 1. The van der Waals surface area contributed by atoms with Gasteiger partial charge in [-0.15, -0.1) is 0 Å².